The van der Waals surface area contributed by atoms with Crippen molar-refractivity contribution in [3.8, 4) is 0 Å². The molecule has 0 aromatic carbocycles. The van der Waals surface area contributed by atoms with Crippen molar-refractivity contribution in [1.82, 2.24) is 10.3 Å². The second kappa shape index (κ2) is 3.92. The Morgan fingerprint density at radius 1 is 1.50 bits per heavy atom. The van der Waals surface area contributed by atoms with E-state index < -0.39 is 11.4 Å². The van der Waals surface area contributed by atoms with Crippen LogP contribution in [0.25, 0.3) is 0 Å². The molecule has 1 atom stereocenters. The monoisotopic (exact) mass is 220 g/mol. The van der Waals surface area contributed by atoms with Crippen molar-refractivity contribution >= 4 is 11.9 Å². The van der Waals surface area contributed by atoms with Crippen LogP contribution in [0.4, 0.5) is 0 Å². The van der Waals surface area contributed by atoms with Gasteiger partial charge in [-0.05, 0) is 17.7 Å². The van der Waals surface area contributed by atoms with Crippen LogP contribution in [0.3, 0.4) is 0 Å². The molecule has 1 saturated heterocycles. The molecule has 0 aliphatic carbocycles. The zero-order chi connectivity index (χ0) is 11.6. The van der Waals surface area contributed by atoms with Crippen LogP contribution in [-0.2, 0) is 15.0 Å². The molecular weight excluding hydrogens is 208 g/mol. The standard InChI is InChI=1S/C11H12N2O3/c14-9-5-11(7-13-9,6-10(15)16)8-1-3-12-4-2-8/h1-4H,5-7H2,(H,13,14)(H,15,16). The minimum absolute atomic E-state index is 0.0459. The maximum atomic E-state index is 11.3. The Labute approximate surface area is 92.5 Å². The van der Waals surface area contributed by atoms with Crippen LogP contribution in [0.1, 0.15) is 18.4 Å². The van der Waals surface area contributed by atoms with Crippen molar-refractivity contribution in [2.24, 2.45) is 0 Å². The molecule has 1 fully saturated rings. The summed E-state index contributed by atoms with van der Waals surface area (Å²) in [6.07, 6.45) is 3.41. The first-order valence-corrected chi connectivity index (χ1v) is 5.01. The lowest BCUT2D eigenvalue weighted by Crippen LogP contribution is -2.31. The second-order valence-electron chi connectivity index (χ2n) is 4.04. The van der Waals surface area contributed by atoms with Crippen molar-refractivity contribution < 1.29 is 14.7 Å². The van der Waals surface area contributed by atoms with E-state index in [-0.39, 0.29) is 18.7 Å². The Kier molecular flexibility index (Phi) is 2.60. The van der Waals surface area contributed by atoms with Gasteiger partial charge in [0.05, 0.1) is 6.42 Å². The molecule has 1 unspecified atom stereocenters. The molecule has 1 amide bonds. The smallest absolute Gasteiger partial charge is 0.304 e. The minimum atomic E-state index is -0.895. The Bertz CT molecular complexity index is 418. The fourth-order valence-electron chi connectivity index (χ4n) is 2.13. The van der Waals surface area contributed by atoms with Crippen LogP contribution < -0.4 is 5.32 Å². The molecule has 1 aliphatic rings. The average molecular weight is 220 g/mol. The van der Waals surface area contributed by atoms with E-state index >= 15 is 0 Å². The van der Waals surface area contributed by atoms with Crippen molar-refractivity contribution in [2.45, 2.75) is 18.3 Å². The zero-order valence-electron chi connectivity index (χ0n) is 8.64. The van der Waals surface area contributed by atoms with Crippen LogP contribution in [0.2, 0.25) is 0 Å². The molecule has 2 rings (SSSR count). The Balaban J connectivity index is 2.35. The van der Waals surface area contributed by atoms with Gasteiger partial charge in [-0.15, -0.1) is 0 Å². The third-order valence-corrected chi connectivity index (χ3v) is 2.91. The van der Waals surface area contributed by atoms with Gasteiger partial charge in [0.25, 0.3) is 0 Å². The Morgan fingerprint density at radius 2 is 2.19 bits per heavy atom. The van der Waals surface area contributed by atoms with Crippen LogP contribution in [-0.4, -0.2) is 28.5 Å². The summed E-state index contributed by atoms with van der Waals surface area (Å²) in [6.45, 7) is 0.377. The second-order valence-corrected chi connectivity index (χ2v) is 4.04. The first kappa shape index (κ1) is 10.6. The number of nitrogens with one attached hydrogen (secondary N) is 1. The molecule has 1 aliphatic heterocycles. The lowest BCUT2D eigenvalue weighted by atomic mass is 9.77. The lowest BCUT2D eigenvalue weighted by molar-refractivity contribution is -0.138. The maximum Gasteiger partial charge on any atom is 0.304 e. The van der Waals surface area contributed by atoms with E-state index in [4.69, 9.17) is 5.11 Å². The molecule has 5 nitrogen and oxygen atoms in total. The molecule has 0 radical (unpaired) electrons. The van der Waals surface area contributed by atoms with Gasteiger partial charge in [0.15, 0.2) is 0 Å². The molecule has 0 bridgehead atoms. The first-order valence-electron chi connectivity index (χ1n) is 5.01. The highest BCUT2D eigenvalue weighted by Gasteiger charge is 2.41. The summed E-state index contributed by atoms with van der Waals surface area (Å²) in [7, 11) is 0. The van der Waals surface area contributed by atoms with Crippen LogP contribution in [0.5, 0.6) is 0 Å². The van der Waals surface area contributed by atoms with Crippen LogP contribution >= 0.6 is 0 Å². The van der Waals surface area contributed by atoms with Gasteiger partial charge in [-0.1, -0.05) is 0 Å². The molecule has 16 heavy (non-hydrogen) atoms. The number of carbonyl (C=O) groups is 2. The van der Waals surface area contributed by atoms with Gasteiger partial charge in [-0.2, -0.15) is 0 Å². The maximum absolute atomic E-state index is 11.3. The van der Waals surface area contributed by atoms with Crippen LogP contribution in [0.15, 0.2) is 24.5 Å². The number of carboxylic acid groups (broad SMARTS) is 1. The normalized spacial score (nSPS) is 24.1. The van der Waals surface area contributed by atoms with Crippen molar-refractivity contribution in [3.63, 3.8) is 0 Å². The van der Waals surface area contributed by atoms with Gasteiger partial charge in [0, 0.05) is 30.8 Å². The highest BCUT2D eigenvalue weighted by atomic mass is 16.4. The number of aromatic nitrogens is 1. The summed E-state index contributed by atoms with van der Waals surface area (Å²) in [6, 6.07) is 3.53. The van der Waals surface area contributed by atoms with E-state index in [1.54, 1.807) is 24.5 Å². The number of carboxylic acids is 1. The molecule has 0 saturated carbocycles. The van der Waals surface area contributed by atoms with Gasteiger partial charge in [0.1, 0.15) is 0 Å². The topological polar surface area (TPSA) is 79.3 Å². The molecule has 1 aromatic heterocycles. The highest BCUT2D eigenvalue weighted by Crippen LogP contribution is 2.34. The summed E-state index contributed by atoms with van der Waals surface area (Å²) in [4.78, 5) is 26.1. The molecule has 84 valence electrons. The number of nitrogens with zero attached hydrogens (tertiary/aromatic N) is 1. The van der Waals surface area contributed by atoms with E-state index in [9.17, 15) is 9.59 Å². The molecule has 1 aromatic rings. The van der Waals surface area contributed by atoms with Crippen LogP contribution in [0, 0.1) is 0 Å². The molecule has 0 spiro atoms. The number of amides is 1. The van der Waals surface area contributed by atoms with Gasteiger partial charge in [0.2, 0.25) is 5.91 Å². The van der Waals surface area contributed by atoms with Crippen molar-refractivity contribution in [1.29, 1.82) is 0 Å². The van der Waals surface area contributed by atoms with E-state index in [0.29, 0.717) is 6.54 Å². The highest BCUT2D eigenvalue weighted by molar-refractivity contribution is 5.82. The summed E-state index contributed by atoms with van der Waals surface area (Å²) >= 11 is 0. The van der Waals surface area contributed by atoms with Gasteiger partial charge >= 0.3 is 5.97 Å². The van der Waals surface area contributed by atoms with Gasteiger partial charge in [-0.3, -0.25) is 14.6 Å². The third-order valence-electron chi connectivity index (χ3n) is 2.91. The molecular formula is C11H12N2O3. The molecule has 2 heterocycles. The van der Waals surface area contributed by atoms with Crippen molar-refractivity contribution in [3.05, 3.63) is 30.1 Å². The number of hydrogen-bond acceptors (Lipinski definition) is 3. The summed E-state index contributed by atoms with van der Waals surface area (Å²) in [5.74, 6) is -0.994. The van der Waals surface area contributed by atoms with E-state index in [2.05, 4.69) is 10.3 Å². The van der Waals surface area contributed by atoms with E-state index in [0.717, 1.165) is 5.56 Å². The number of carbonyl (C=O) groups excluding carboxylic acids is 1. The predicted molar refractivity (Wildman–Crippen MR) is 55.8 cm³/mol. The van der Waals surface area contributed by atoms with E-state index in [1.807, 2.05) is 0 Å². The Hall–Kier alpha value is -1.91. The minimum Gasteiger partial charge on any atom is -0.481 e. The largest absolute Gasteiger partial charge is 0.481 e. The Morgan fingerprint density at radius 3 is 2.69 bits per heavy atom. The molecule has 2 N–H and O–H groups in total. The fourth-order valence-corrected chi connectivity index (χ4v) is 2.13. The zero-order valence-corrected chi connectivity index (χ0v) is 8.64. The number of hydrogen-bond donors (Lipinski definition) is 2. The average Bonchev–Trinajstić information content (AvgIpc) is 2.62. The predicted octanol–water partition coefficient (Wildman–Crippen LogP) is 0.314. The lowest BCUT2D eigenvalue weighted by Gasteiger charge is -2.25. The summed E-state index contributed by atoms with van der Waals surface area (Å²) < 4.78 is 0. The van der Waals surface area contributed by atoms with Crippen molar-refractivity contribution in [2.75, 3.05) is 6.54 Å². The SMILES string of the molecule is O=C(O)CC1(c2ccncc2)CNC(=O)C1. The van der Waals surface area contributed by atoms with Gasteiger partial charge in [-0.25, -0.2) is 0 Å². The quantitative estimate of drug-likeness (QED) is 0.768. The number of pyridine rings is 1. The van der Waals surface area contributed by atoms with Gasteiger partial charge < -0.3 is 10.4 Å². The molecule has 5 heteroatoms. The number of aliphatic carboxylic acids is 1. The summed E-state index contributed by atoms with van der Waals surface area (Å²) in [5.41, 5.74) is 0.231. The summed E-state index contributed by atoms with van der Waals surface area (Å²) in [5, 5.41) is 11.6. The third kappa shape index (κ3) is 1.88. The fraction of sp³-hybridized carbons (Fsp3) is 0.364. The van der Waals surface area contributed by atoms with E-state index in [1.165, 1.54) is 0 Å². The first-order chi connectivity index (χ1) is 7.62. The number of rotatable bonds is 3.